The van der Waals surface area contributed by atoms with Crippen LogP contribution in [0.4, 0.5) is 0 Å². The molecule has 0 unspecified atom stereocenters. The molecule has 20 heavy (non-hydrogen) atoms. The minimum Gasteiger partial charge on any atom is -0.510 e. The van der Waals surface area contributed by atoms with Gasteiger partial charge in [-0.25, -0.2) is 4.98 Å². The van der Waals surface area contributed by atoms with Crippen LogP contribution in [0.1, 0.15) is 5.01 Å². The lowest BCUT2D eigenvalue weighted by atomic mass is 10.2. The smallest absolute Gasteiger partial charge is 0.135 e. The summed E-state index contributed by atoms with van der Waals surface area (Å²) in [5.74, 6) is 0.531. The molecule has 104 valence electrons. The molecule has 0 bridgehead atoms. The van der Waals surface area contributed by atoms with Gasteiger partial charge in [0.05, 0.1) is 28.9 Å². The molecule has 0 radical (unpaired) electrons. The van der Waals surface area contributed by atoms with Crippen molar-refractivity contribution >= 4 is 33.0 Å². The predicted molar refractivity (Wildman–Crippen MR) is 80.3 cm³/mol. The van der Waals surface area contributed by atoms with Gasteiger partial charge in [-0.05, 0) is 12.1 Å². The molecule has 1 aliphatic rings. The molecule has 1 aromatic carbocycles. The predicted octanol–water partition coefficient (Wildman–Crippen LogP) is 2.50. The lowest BCUT2D eigenvalue weighted by Crippen LogP contribution is -2.29. The first-order chi connectivity index (χ1) is 9.70. The Morgan fingerprint density at radius 2 is 2.25 bits per heavy atom. The van der Waals surface area contributed by atoms with Gasteiger partial charge in [-0.1, -0.05) is 12.1 Å². The second-order valence-corrected chi connectivity index (χ2v) is 5.60. The Balaban J connectivity index is 1.93. The number of aromatic nitrogens is 1. The molecule has 0 fully saturated rings. The van der Waals surface area contributed by atoms with E-state index >= 15 is 0 Å². The van der Waals surface area contributed by atoms with Crippen molar-refractivity contribution in [3.63, 3.8) is 0 Å². The van der Waals surface area contributed by atoms with Crippen molar-refractivity contribution in [1.82, 2.24) is 9.88 Å². The van der Waals surface area contributed by atoms with E-state index in [0.29, 0.717) is 36.1 Å². The van der Waals surface area contributed by atoms with Gasteiger partial charge in [0.1, 0.15) is 16.6 Å². The Morgan fingerprint density at radius 1 is 1.45 bits per heavy atom. The van der Waals surface area contributed by atoms with Crippen molar-refractivity contribution in [3.8, 4) is 0 Å². The zero-order valence-corrected chi connectivity index (χ0v) is 11.9. The van der Waals surface area contributed by atoms with E-state index in [1.165, 1.54) is 11.3 Å². The quantitative estimate of drug-likeness (QED) is 0.907. The third-order valence-electron chi connectivity index (χ3n) is 3.26. The van der Waals surface area contributed by atoms with Crippen molar-refractivity contribution in [2.45, 2.75) is 0 Å². The minimum atomic E-state index is 0.213. The number of hydrogen-bond acceptors (Lipinski definition) is 5. The number of aliphatic hydroxyl groups is 1. The number of para-hydroxylation sites is 1. The molecule has 0 amide bonds. The van der Waals surface area contributed by atoms with Gasteiger partial charge < -0.3 is 14.7 Å². The molecule has 0 saturated carbocycles. The summed E-state index contributed by atoms with van der Waals surface area (Å²) in [6.45, 7) is 1.48. The maximum Gasteiger partial charge on any atom is 0.135 e. The van der Waals surface area contributed by atoms with Crippen LogP contribution in [-0.4, -0.2) is 47.6 Å². The summed E-state index contributed by atoms with van der Waals surface area (Å²) in [5, 5.41) is 19.0. The number of amidine groups is 1. The van der Waals surface area contributed by atoms with E-state index < -0.39 is 0 Å². The number of nitrogens with one attached hydrogen (secondary N) is 1. The number of fused-ring (bicyclic) bond motifs is 1. The van der Waals surface area contributed by atoms with Crippen molar-refractivity contribution < 1.29 is 9.84 Å². The second-order valence-electron chi connectivity index (χ2n) is 4.57. The highest BCUT2D eigenvalue weighted by Crippen LogP contribution is 2.32. The van der Waals surface area contributed by atoms with E-state index in [2.05, 4.69) is 4.98 Å². The Morgan fingerprint density at radius 3 is 3.00 bits per heavy atom. The van der Waals surface area contributed by atoms with Crippen LogP contribution < -0.4 is 0 Å². The van der Waals surface area contributed by atoms with Crippen LogP contribution in [0.5, 0.6) is 0 Å². The fraction of sp³-hybridized carbons (Fsp3) is 0.286. The summed E-state index contributed by atoms with van der Waals surface area (Å²) in [6.07, 6.45) is 0. The van der Waals surface area contributed by atoms with Crippen molar-refractivity contribution in [3.05, 3.63) is 35.0 Å². The molecule has 5 nitrogen and oxygen atoms in total. The monoisotopic (exact) mass is 289 g/mol. The SMILES string of the molecule is COCCN1CC(O)=C(c2nc3ccccc3s2)C1=N. The molecule has 1 aliphatic heterocycles. The first kappa shape index (κ1) is 13.1. The average molecular weight is 289 g/mol. The maximum absolute atomic E-state index is 10.1. The number of ether oxygens (including phenoxy) is 1. The van der Waals surface area contributed by atoms with Gasteiger partial charge in [-0.2, -0.15) is 0 Å². The van der Waals surface area contributed by atoms with Crippen LogP contribution in [0, 0.1) is 5.41 Å². The van der Waals surface area contributed by atoms with Crippen LogP contribution in [0.15, 0.2) is 30.0 Å². The lowest BCUT2D eigenvalue weighted by molar-refractivity contribution is 0.177. The summed E-state index contributed by atoms with van der Waals surface area (Å²) in [5.41, 5.74) is 1.44. The zero-order chi connectivity index (χ0) is 14.1. The van der Waals surface area contributed by atoms with E-state index in [-0.39, 0.29) is 5.76 Å². The van der Waals surface area contributed by atoms with Gasteiger partial charge in [-0.3, -0.25) is 5.41 Å². The van der Waals surface area contributed by atoms with Gasteiger partial charge in [0.15, 0.2) is 0 Å². The summed E-state index contributed by atoms with van der Waals surface area (Å²) in [7, 11) is 1.63. The number of hydrogen-bond donors (Lipinski definition) is 2. The Hall–Kier alpha value is -1.92. The van der Waals surface area contributed by atoms with Crippen molar-refractivity contribution in [2.75, 3.05) is 26.8 Å². The van der Waals surface area contributed by atoms with Crippen LogP contribution in [0.2, 0.25) is 0 Å². The Kier molecular flexibility index (Phi) is 3.42. The largest absolute Gasteiger partial charge is 0.510 e. The van der Waals surface area contributed by atoms with Crippen molar-refractivity contribution in [2.24, 2.45) is 0 Å². The standard InChI is InChI=1S/C14H15N3O2S/c1-19-7-6-17-8-10(18)12(13(17)15)14-16-9-4-2-3-5-11(9)20-14/h2-5,15,18H,6-8H2,1H3. The number of nitrogens with zero attached hydrogens (tertiary/aromatic N) is 2. The van der Waals surface area contributed by atoms with E-state index in [4.69, 9.17) is 10.1 Å². The van der Waals surface area contributed by atoms with E-state index in [9.17, 15) is 5.11 Å². The van der Waals surface area contributed by atoms with Gasteiger partial charge in [-0.15, -0.1) is 11.3 Å². The van der Waals surface area contributed by atoms with E-state index in [1.807, 2.05) is 24.3 Å². The Bertz CT molecular complexity index is 660. The van der Waals surface area contributed by atoms with Crippen LogP contribution in [0.3, 0.4) is 0 Å². The van der Waals surface area contributed by atoms with Gasteiger partial charge >= 0.3 is 0 Å². The number of rotatable bonds is 4. The van der Waals surface area contributed by atoms with Gasteiger partial charge in [0.25, 0.3) is 0 Å². The highest BCUT2D eigenvalue weighted by molar-refractivity contribution is 7.19. The van der Waals surface area contributed by atoms with E-state index in [0.717, 1.165) is 10.2 Å². The number of aliphatic hydroxyl groups excluding tert-OH is 1. The first-order valence-electron chi connectivity index (χ1n) is 6.31. The Labute approximate surface area is 120 Å². The summed E-state index contributed by atoms with van der Waals surface area (Å²) in [6, 6.07) is 7.83. The third kappa shape index (κ3) is 2.17. The minimum absolute atomic E-state index is 0.213. The summed E-state index contributed by atoms with van der Waals surface area (Å²) in [4.78, 5) is 6.30. The molecule has 1 aromatic heterocycles. The normalized spacial score (nSPS) is 15.7. The van der Waals surface area contributed by atoms with Crippen LogP contribution in [-0.2, 0) is 4.74 Å². The van der Waals surface area contributed by atoms with Crippen molar-refractivity contribution in [1.29, 1.82) is 5.41 Å². The van der Waals surface area contributed by atoms with Gasteiger partial charge in [0, 0.05) is 13.7 Å². The number of benzene rings is 1. The third-order valence-corrected chi connectivity index (χ3v) is 4.31. The summed E-state index contributed by atoms with van der Waals surface area (Å²) >= 11 is 1.50. The molecular weight excluding hydrogens is 274 g/mol. The van der Waals surface area contributed by atoms with Gasteiger partial charge in [0.2, 0.25) is 0 Å². The average Bonchev–Trinajstić information content (AvgIpc) is 2.97. The lowest BCUT2D eigenvalue weighted by Gasteiger charge is -2.17. The topological polar surface area (TPSA) is 69.4 Å². The molecule has 2 heterocycles. The fourth-order valence-electron chi connectivity index (χ4n) is 2.23. The number of thiazole rings is 1. The van der Waals surface area contributed by atoms with E-state index in [1.54, 1.807) is 12.0 Å². The highest BCUT2D eigenvalue weighted by Gasteiger charge is 2.29. The molecule has 0 aliphatic carbocycles. The van der Waals surface area contributed by atoms with Crippen LogP contribution >= 0.6 is 11.3 Å². The molecular formula is C14H15N3O2S. The molecule has 0 spiro atoms. The molecule has 0 atom stereocenters. The molecule has 2 N–H and O–H groups in total. The fourth-order valence-corrected chi connectivity index (χ4v) is 3.26. The maximum atomic E-state index is 10.1. The molecule has 2 aromatic rings. The molecule has 6 heteroatoms. The zero-order valence-electron chi connectivity index (χ0n) is 11.1. The molecule has 0 saturated heterocycles. The summed E-state index contributed by atoms with van der Waals surface area (Å²) < 4.78 is 6.09. The first-order valence-corrected chi connectivity index (χ1v) is 7.13. The highest BCUT2D eigenvalue weighted by atomic mass is 32.1. The second kappa shape index (κ2) is 5.22. The van der Waals surface area contributed by atoms with Crippen LogP contribution in [0.25, 0.3) is 15.8 Å². The molecule has 3 rings (SSSR count). The number of methoxy groups -OCH3 is 1.